The highest BCUT2D eigenvalue weighted by Crippen LogP contribution is 2.25. The molecule has 0 aliphatic rings. The molecule has 0 spiro atoms. The summed E-state index contributed by atoms with van der Waals surface area (Å²) in [6.45, 7) is 2.06. The summed E-state index contributed by atoms with van der Waals surface area (Å²) in [6, 6.07) is 10.3. The zero-order valence-corrected chi connectivity index (χ0v) is 14.4. The molecule has 122 valence electrons. The van der Waals surface area contributed by atoms with E-state index in [1.54, 1.807) is 47.8 Å². The topological polar surface area (TPSA) is 66.1 Å². The van der Waals surface area contributed by atoms with E-state index in [1.165, 1.54) is 17.4 Å². The van der Waals surface area contributed by atoms with Gasteiger partial charge in [0, 0.05) is 23.0 Å². The maximum Gasteiger partial charge on any atom is 0.270 e. The van der Waals surface area contributed by atoms with Crippen LogP contribution >= 0.6 is 22.9 Å². The number of hydrogen-bond acceptors (Lipinski definition) is 4. The minimum Gasteiger partial charge on any atom is -0.329 e. The van der Waals surface area contributed by atoms with E-state index in [0.717, 1.165) is 5.56 Å². The standard InChI is InChI=1S/C17H14ClN3O2S/c1-11-16(24-10-20-11)17(23)21(14-4-2-3-13(18)8-14)9-12-5-6-19-15(22)7-12/h2-8,10H,9H2,1H3,(H,19,22). The molecule has 7 heteroatoms. The van der Waals surface area contributed by atoms with Gasteiger partial charge in [0.1, 0.15) is 4.88 Å². The van der Waals surface area contributed by atoms with Crippen LogP contribution in [0.25, 0.3) is 0 Å². The number of halogens is 1. The summed E-state index contributed by atoms with van der Waals surface area (Å²) in [5.74, 6) is -0.169. The fourth-order valence-corrected chi connectivity index (χ4v) is 3.26. The first-order chi connectivity index (χ1) is 11.5. The van der Waals surface area contributed by atoms with Crippen molar-refractivity contribution >= 4 is 34.5 Å². The third-order valence-corrected chi connectivity index (χ3v) is 4.64. The molecule has 0 aliphatic heterocycles. The number of hydrogen-bond donors (Lipinski definition) is 1. The first-order valence-corrected chi connectivity index (χ1v) is 8.45. The molecule has 5 nitrogen and oxygen atoms in total. The Kier molecular flexibility index (Phi) is 4.78. The van der Waals surface area contributed by atoms with Crippen LogP contribution in [-0.4, -0.2) is 15.9 Å². The molecule has 0 radical (unpaired) electrons. The number of rotatable bonds is 4. The number of aryl methyl sites for hydroxylation is 1. The number of amides is 1. The molecule has 1 aromatic carbocycles. The molecule has 1 N–H and O–H groups in total. The predicted octanol–water partition coefficient (Wildman–Crippen LogP) is 3.64. The van der Waals surface area contributed by atoms with Crippen LogP contribution in [0.3, 0.4) is 0 Å². The van der Waals surface area contributed by atoms with E-state index in [1.807, 2.05) is 6.07 Å². The Morgan fingerprint density at radius 1 is 1.33 bits per heavy atom. The van der Waals surface area contributed by atoms with Crippen LogP contribution in [0.2, 0.25) is 5.02 Å². The van der Waals surface area contributed by atoms with E-state index >= 15 is 0 Å². The highest BCUT2D eigenvalue weighted by molar-refractivity contribution is 7.12. The van der Waals surface area contributed by atoms with Crippen molar-refractivity contribution < 1.29 is 4.79 Å². The fraction of sp³-hybridized carbons (Fsp3) is 0.118. The van der Waals surface area contributed by atoms with Crippen LogP contribution in [-0.2, 0) is 6.54 Å². The first-order valence-electron chi connectivity index (χ1n) is 7.20. The van der Waals surface area contributed by atoms with E-state index in [-0.39, 0.29) is 18.0 Å². The zero-order chi connectivity index (χ0) is 17.1. The molecule has 2 aromatic heterocycles. The highest BCUT2D eigenvalue weighted by atomic mass is 35.5. The average molecular weight is 360 g/mol. The summed E-state index contributed by atoms with van der Waals surface area (Å²) >= 11 is 7.37. The SMILES string of the molecule is Cc1ncsc1C(=O)N(Cc1cc[nH]c(=O)c1)c1cccc(Cl)c1. The van der Waals surface area contributed by atoms with Crippen LogP contribution < -0.4 is 10.5 Å². The molecule has 1 amide bonds. The van der Waals surface area contributed by atoms with Crippen LogP contribution in [0.5, 0.6) is 0 Å². The van der Waals surface area contributed by atoms with Crippen LogP contribution in [0.1, 0.15) is 20.9 Å². The van der Waals surface area contributed by atoms with Gasteiger partial charge >= 0.3 is 0 Å². The molecule has 2 heterocycles. The van der Waals surface area contributed by atoms with Crippen molar-refractivity contribution in [2.75, 3.05) is 4.90 Å². The molecular weight excluding hydrogens is 346 g/mol. The average Bonchev–Trinajstić information content (AvgIpc) is 2.98. The quantitative estimate of drug-likeness (QED) is 0.773. The van der Waals surface area contributed by atoms with Gasteiger partial charge in [0.2, 0.25) is 5.56 Å². The molecule has 24 heavy (non-hydrogen) atoms. The van der Waals surface area contributed by atoms with Gasteiger partial charge in [-0.3, -0.25) is 9.59 Å². The zero-order valence-electron chi connectivity index (χ0n) is 12.8. The predicted molar refractivity (Wildman–Crippen MR) is 95.9 cm³/mol. The molecule has 0 saturated carbocycles. The number of aromatic nitrogens is 2. The summed E-state index contributed by atoms with van der Waals surface area (Å²) in [7, 11) is 0. The summed E-state index contributed by atoms with van der Waals surface area (Å²) in [4.78, 5) is 33.4. The van der Waals surface area contributed by atoms with Gasteiger partial charge in [0.15, 0.2) is 0 Å². The minimum absolute atomic E-state index is 0.169. The third-order valence-electron chi connectivity index (χ3n) is 3.48. The van der Waals surface area contributed by atoms with Gasteiger partial charge in [-0.2, -0.15) is 0 Å². The first kappa shape index (κ1) is 16.4. The van der Waals surface area contributed by atoms with Crippen molar-refractivity contribution in [1.29, 1.82) is 0 Å². The van der Waals surface area contributed by atoms with Gasteiger partial charge < -0.3 is 9.88 Å². The number of thiazole rings is 1. The second-order valence-corrected chi connectivity index (χ2v) is 6.49. The maximum atomic E-state index is 13.0. The van der Waals surface area contributed by atoms with E-state index in [9.17, 15) is 9.59 Å². The van der Waals surface area contributed by atoms with Crippen LogP contribution in [0.4, 0.5) is 5.69 Å². The summed E-state index contributed by atoms with van der Waals surface area (Å²) in [5.41, 5.74) is 3.52. The van der Waals surface area contributed by atoms with Gasteiger partial charge in [-0.15, -0.1) is 11.3 Å². The Balaban J connectivity index is 2.02. The number of nitrogens with one attached hydrogen (secondary N) is 1. The Bertz CT molecular complexity index is 935. The summed E-state index contributed by atoms with van der Waals surface area (Å²) < 4.78 is 0. The van der Waals surface area contributed by atoms with Gasteiger partial charge in [-0.1, -0.05) is 17.7 Å². The summed E-state index contributed by atoms with van der Waals surface area (Å²) in [6.07, 6.45) is 1.57. The molecule has 0 aliphatic carbocycles. The Hall–Kier alpha value is -2.44. The maximum absolute atomic E-state index is 13.0. The second-order valence-electron chi connectivity index (χ2n) is 5.20. The Morgan fingerprint density at radius 2 is 2.17 bits per heavy atom. The number of H-pyrrole nitrogens is 1. The number of aromatic amines is 1. The highest BCUT2D eigenvalue weighted by Gasteiger charge is 2.22. The Morgan fingerprint density at radius 3 is 2.83 bits per heavy atom. The van der Waals surface area contributed by atoms with E-state index in [4.69, 9.17) is 11.6 Å². The van der Waals surface area contributed by atoms with Crippen LogP contribution in [0.15, 0.2) is 52.9 Å². The van der Waals surface area contributed by atoms with Crippen molar-refractivity contribution in [3.8, 4) is 0 Å². The number of pyridine rings is 1. The summed E-state index contributed by atoms with van der Waals surface area (Å²) in [5, 5.41) is 0.539. The van der Waals surface area contributed by atoms with E-state index in [2.05, 4.69) is 9.97 Å². The molecule has 0 saturated heterocycles. The molecule has 0 fully saturated rings. The fourth-order valence-electron chi connectivity index (χ4n) is 2.32. The van der Waals surface area contributed by atoms with Gasteiger partial charge in [-0.05, 0) is 36.8 Å². The molecule has 3 aromatic rings. The largest absolute Gasteiger partial charge is 0.329 e. The minimum atomic E-state index is -0.208. The van der Waals surface area contributed by atoms with E-state index in [0.29, 0.717) is 21.3 Å². The molecule has 0 atom stereocenters. The van der Waals surface area contributed by atoms with Crippen molar-refractivity contribution in [3.05, 3.63) is 79.6 Å². The normalized spacial score (nSPS) is 10.6. The number of benzene rings is 1. The lowest BCUT2D eigenvalue weighted by atomic mass is 10.2. The van der Waals surface area contributed by atoms with Gasteiger partial charge in [0.25, 0.3) is 5.91 Å². The lowest BCUT2D eigenvalue weighted by Gasteiger charge is -2.23. The molecule has 0 bridgehead atoms. The number of carbonyl (C=O) groups is 1. The lowest BCUT2D eigenvalue weighted by Crippen LogP contribution is -2.30. The van der Waals surface area contributed by atoms with Crippen molar-refractivity contribution in [2.24, 2.45) is 0 Å². The number of anilines is 1. The van der Waals surface area contributed by atoms with Crippen LogP contribution in [0, 0.1) is 6.92 Å². The van der Waals surface area contributed by atoms with E-state index < -0.39 is 0 Å². The molecule has 0 unspecified atom stereocenters. The van der Waals surface area contributed by atoms with Gasteiger partial charge in [-0.25, -0.2) is 4.98 Å². The number of nitrogens with zero attached hydrogens (tertiary/aromatic N) is 2. The lowest BCUT2D eigenvalue weighted by molar-refractivity contribution is 0.0988. The molecule has 3 rings (SSSR count). The van der Waals surface area contributed by atoms with Crippen molar-refractivity contribution in [2.45, 2.75) is 13.5 Å². The Labute approximate surface area is 147 Å². The smallest absolute Gasteiger partial charge is 0.270 e. The monoisotopic (exact) mass is 359 g/mol. The van der Waals surface area contributed by atoms with Crippen molar-refractivity contribution in [3.63, 3.8) is 0 Å². The number of carbonyl (C=O) groups excluding carboxylic acids is 1. The van der Waals surface area contributed by atoms with Crippen molar-refractivity contribution in [1.82, 2.24) is 9.97 Å². The molecular formula is C17H14ClN3O2S. The van der Waals surface area contributed by atoms with Gasteiger partial charge in [0.05, 0.1) is 17.7 Å². The second kappa shape index (κ2) is 6.98. The third kappa shape index (κ3) is 3.55.